The van der Waals surface area contributed by atoms with E-state index < -0.39 is 21.7 Å². The summed E-state index contributed by atoms with van der Waals surface area (Å²) >= 11 is 5.87. The fourth-order valence-corrected chi connectivity index (χ4v) is 4.33. The molecule has 2 aromatic carbocycles. The third-order valence-electron chi connectivity index (χ3n) is 4.17. The Kier molecular flexibility index (Phi) is 5.17. The summed E-state index contributed by atoms with van der Waals surface area (Å²) in [5.74, 6) is -1.11. The number of carbonyl (C=O) groups is 1. The van der Waals surface area contributed by atoms with Gasteiger partial charge in [-0.1, -0.05) is 11.6 Å². The van der Waals surface area contributed by atoms with Crippen molar-refractivity contribution in [1.29, 1.82) is 0 Å². The molecule has 2 aromatic rings. The molecule has 0 saturated carbocycles. The molecule has 1 aliphatic heterocycles. The molecule has 0 bridgehead atoms. The molecule has 1 N–H and O–H groups in total. The number of rotatable bonds is 3. The number of phenolic OH excluding ortho intramolecular Hbond substituents is 1. The second-order valence-corrected chi connectivity index (χ2v) is 8.19. The lowest BCUT2D eigenvalue weighted by Crippen LogP contribution is -2.50. The van der Waals surface area contributed by atoms with Gasteiger partial charge in [-0.3, -0.25) is 4.79 Å². The van der Waals surface area contributed by atoms with Crippen LogP contribution in [-0.4, -0.2) is 54.8 Å². The van der Waals surface area contributed by atoms with Gasteiger partial charge in [-0.25, -0.2) is 12.8 Å². The van der Waals surface area contributed by atoms with E-state index >= 15 is 0 Å². The lowest BCUT2D eigenvalue weighted by atomic mass is 10.1. The maximum Gasteiger partial charge on any atom is 0.257 e. The van der Waals surface area contributed by atoms with Crippen molar-refractivity contribution in [3.63, 3.8) is 0 Å². The SMILES string of the molecule is O=C(c1cc(Cl)ccc1O)N1CCN(S(=O)(=O)c2ccc(F)cc2)CC1. The van der Waals surface area contributed by atoms with Crippen LogP contribution in [0.15, 0.2) is 47.4 Å². The Balaban J connectivity index is 1.71. The highest BCUT2D eigenvalue weighted by Gasteiger charge is 2.31. The van der Waals surface area contributed by atoms with Gasteiger partial charge in [0.25, 0.3) is 5.91 Å². The lowest BCUT2D eigenvalue weighted by Gasteiger charge is -2.34. The number of carbonyl (C=O) groups excluding carboxylic acids is 1. The van der Waals surface area contributed by atoms with Gasteiger partial charge in [-0.15, -0.1) is 0 Å². The Labute approximate surface area is 155 Å². The zero-order valence-corrected chi connectivity index (χ0v) is 15.2. The molecule has 1 amide bonds. The quantitative estimate of drug-likeness (QED) is 0.860. The molecule has 0 radical (unpaired) electrons. The summed E-state index contributed by atoms with van der Waals surface area (Å²) < 4.78 is 39.4. The van der Waals surface area contributed by atoms with Crippen LogP contribution >= 0.6 is 11.6 Å². The smallest absolute Gasteiger partial charge is 0.257 e. The van der Waals surface area contributed by atoms with Crippen molar-refractivity contribution in [3.8, 4) is 5.75 Å². The standard InChI is InChI=1S/C17H16ClFN2O4S/c18-12-1-6-16(22)15(11-12)17(23)20-7-9-21(10-8-20)26(24,25)14-4-2-13(19)3-5-14/h1-6,11,22H,7-10H2. The zero-order valence-electron chi connectivity index (χ0n) is 13.6. The van der Waals surface area contributed by atoms with E-state index in [-0.39, 0.29) is 42.4 Å². The highest BCUT2D eigenvalue weighted by molar-refractivity contribution is 7.89. The molecule has 6 nitrogen and oxygen atoms in total. The van der Waals surface area contributed by atoms with Crippen LogP contribution in [0.25, 0.3) is 0 Å². The van der Waals surface area contributed by atoms with E-state index in [4.69, 9.17) is 11.6 Å². The van der Waals surface area contributed by atoms with Crippen molar-refractivity contribution in [2.45, 2.75) is 4.90 Å². The van der Waals surface area contributed by atoms with Crippen LogP contribution in [0.1, 0.15) is 10.4 Å². The largest absolute Gasteiger partial charge is 0.507 e. The third kappa shape index (κ3) is 3.67. The predicted molar refractivity (Wildman–Crippen MR) is 94.2 cm³/mol. The highest BCUT2D eigenvalue weighted by Crippen LogP contribution is 2.24. The van der Waals surface area contributed by atoms with Gasteiger partial charge >= 0.3 is 0 Å². The first-order valence-electron chi connectivity index (χ1n) is 7.82. The number of hydrogen-bond acceptors (Lipinski definition) is 4. The summed E-state index contributed by atoms with van der Waals surface area (Å²) in [6, 6.07) is 8.80. The minimum Gasteiger partial charge on any atom is -0.507 e. The van der Waals surface area contributed by atoms with Crippen molar-refractivity contribution >= 4 is 27.5 Å². The molecule has 9 heteroatoms. The topological polar surface area (TPSA) is 77.9 Å². The van der Waals surface area contributed by atoms with Gasteiger partial charge in [0.05, 0.1) is 10.5 Å². The summed E-state index contributed by atoms with van der Waals surface area (Å²) in [7, 11) is -3.75. The van der Waals surface area contributed by atoms with E-state index in [0.29, 0.717) is 5.02 Å². The van der Waals surface area contributed by atoms with Gasteiger partial charge in [0.1, 0.15) is 11.6 Å². The van der Waals surface area contributed by atoms with Crippen LogP contribution < -0.4 is 0 Å². The van der Waals surface area contributed by atoms with Gasteiger partial charge in [-0.2, -0.15) is 4.31 Å². The minimum absolute atomic E-state index is 0.00571. The molecule has 138 valence electrons. The highest BCUT2D eigenvalue weighted by atomic mass is 35.5. The van der Waals surface area contributed by atoms with Crippen LogP contribution in [0.4, 0.5) is 4.39 Å². The first kappa shape index (κ1) is 18.6. The van der Waals surface area contributed by atoms with Crippen molar-refractivity contribution < 1.29 is 22.7 Å². The van der Waals surface area contributed by atoms with Gasteiger partial charge in [-0.05, 0) is 42.5 Å². The molecule has 0 spiro atoms. The molecule has 0 unspecified atom stereocenters. The summed E-state index contributed by atoms with van der Waals surface area (Å²) in [6.07, 6.45) is 0. The fourth-order valence-electron chi connectivity index (χ4n) is 2.74. The van der Waals surface area contributed by atoms with E-state index in [1.807, 2.05) is 0 Å². The number of nitrogens with zero attached hydrogens (tertiary/aromatic N) is 2. The molecule has 1 saturated heterocycles. The van der Waals surface area contributed by atoms with E-state index in [9.17, 15) is 22.7 Å². The van der Waals surface area contributed by atoms with Crippen LogP contribution in [0.5, 0.6) is 5.75 Å². The Morgan fingerprint density at radius 3 is 2.27 bits per heavy atom. The molecule has 0 aromatic heterocycles. The zero-order chi connectivity index (χ0) is 18.9. The minimum atomic E-state index is -3.75. The predicted octanol–water partition coefficient (Wildman–Crippen LogP) is 2.33. The van der Waals surface area contributed by atoms with Crippen LogP contribution in [0.2, 0.25) is 5.02 Å². The van der Waals surface area contributed by atoms with Crippen molar-refractivity contribution in [3.05, 3.63) is 58.9 Å². The van der Waals surface area contributed by atoms with E-state index in [1.165, 1.54) is 39.5 Å². The number of halogens is 2. The maximum atomic E-state index is 13.0. The first-order chi connectivity index (χ1) is 12.3. The number of phenols is 1. The number of benzene rings is 2. The van der Waals surface area contributed by atoms with Crippen molar-refractivity contribution in [2.24, 2.45) is 0 Å². The lowest BCUT2D eigenvalue weighted by molar-refractivity contribution is 0.0695. The number of aromatic hydroxyl groups is 1. The Morgan fingerprint density at radius 1 is 1.04 bits per heavy atom. The molecule has 0 aliphatic carbocycles. The summed E-state index contributed by atoms with van der Waals surface area (Å²) in [4.78, 5) is 14.0. The van der Waals surface area contributed by atoms with Crippen LogP contribution in [-0.2, 0) is 10.0 Å². The van der Waals surface area contributed by atoms with Crippen molar-refractivity contribution in [2.75, 3.05) is 26.2 Å². The monoisotopic (exact) mass is 398 g/mol. The molecule has 1 fully saturated rings. The van der Waals surface area contributed by atoms with Crippen LogP contribution in [0.3, 0.4) is 0 Å². The van der Waals surface area contributed by atoms with E-state index in [1.54, 1.807) is 0 Å². The van der Waals surface area contributed by atoms with Gasteiger partial charge in [0, 0.05) is 31.2 Å². The Hall–Kier alpha value is -2.16. The normalized spacial score (nSPS) is 15.8. The van der Waals surface area contributed by atoms with E-state index in [2.05, 4.69) is 0 Å². The molecule has 1 heterocycles. The second-order valence-electron chi connectivity index (χ2n) is 5.81. The van der Waals surface area contributed by atoms with Crippen LogP contribution in [0, 0.1) is 5.82 Å². The van der Waals surface area contributed by atoms with Gasteiger partial charge in [0.2, 0.25) is 10.0 Å². The maximum absolute atomic E-state index is 13.0. The number of sulfonamides is 1. The average Bonchev–Trinajstić information content (AvgIpc) is 2.63. The third-order valence-corrected chi connectivity index (χ3v) is 6.31. The summed E-state index contributed by atoms with van der Waals surface area (Å²) in [5.41, 5.74) is 0.0762. The molecule has 3 rings (SSSR count). The Morgan fingerprint density at radius 2 is 1.65 bits per heavy atom. The first-order valence-corrected chi connectivity index (χ1v) is 9.64. The second kappa shape index (κ2) is 7.22. The van der Waals surface area contributed by atoms with Gasteiger partial charge in [0.15, 0.2) is 0 Å². The summed E-state index contributed by atoms with van der Waals surface area (Å²) in [5, 5.41) is 10.2. The summed E-state index contributed by atoms with van der Waals surface area (Å²) in [6.45, 7) is 0.552. The molecular weight excluding hydrogens is 383 g/mol. The Bertz CT molecular complexity index is 926. The fraction of sp³-hybridized carbons (Fsp3) is 0.235. The van der Waals surface area contributed by atoms with Gasteiger partial charge < -0.3 is 10.0 Å². The molecule has 0 atom stereocenters. The number of amides is 1. The molecule has 1 aliphatic rings. The van der Waals surface area contributed by atoms with Crippen molar-refractivity contribution in [1.82, 2.24) is 9.21 Å². The number of hydrogen-bond donors (Lipinski definition) is 1. The van der Waals surface area contributed by atoms with E-state index in [0.717, 1.165) is 12.1 Å². The average molecular weight is 399 g/mol. The number of piperazine rings is 1. The molecule has 26 heavy (non-hydrogen) atoms. The molecular formula is C17H16ClFN2O4S.